The minimum Gasteiger partial charge on any atom is -0.475 e. The summed E-state index contributed by atoms with van der Waals surface area (Å²) >= 11 is 0. The van der Waals surface area contributed by atoms with E-state index >= 15 is 0 Å². The van der Waals surface area contributed by atoms with Crippen LogP contribution in [0.1, 0.15) is 24.8 Å². The van der Waals surface area contributed by atoms with Gasteiger partial charge in [0.15, 0.2) is 5.82 Å². The maximum Gasteiger partial charge on any atom is 0.490 e. The van der Waals surface area contributed by atoms with Gasteiger partial charge in [-0.25, -0.2) is 9.78 Å². The zero-order valence-electron chi connectivity index (χ0n) is 15.4. The molecule has 0 spiro atoms. The molecule has 0 amide bonds. The van der Waals surface area contributed by atoms with E-state index in [2.05, 4.69) is 45.3 Å². The number of carbonyl (C=O) groups is 1. The fraction of sp³-hybridized carbons (Fsp3) is 0.500. The van der Waals surface area contributed by atoms with E-state index in [9.17, 15) is 13.2 Å². The van der Waals surface area contributed by atoms with Crippen LogP contribution in [0.5, 0.6) is 0 Å². The third-order valence-corrected chi connectivity index (χ3v) is 4.10. The van der Waals surface area contributed by atoms with E-state index in [0.717, 1.165) is 31.1 Å². The Morgan fingerprint density at radius 2 is 2.14 bits per heavy atom. The predicted molar refractivity (Wildman–Crippen MR) is 95.4 cm³/mol. The highest BCUT2D eigenvalue weighted by atomic mass is 19.4. The number of alkyl halides is 3. The number of likely N-dealkylation sites (N-methyl/N-ethyl adjacent to an activating group) is 1. The van der Waals surface area contributed by atoms with Crippen molar-refractivity contribution in [3.63, 3.8) is 0 Å². The van der Waals surface area contributed by atoms with Crippen molar-refractivity contribution in [3.8, 4) is 11.4 Å². The third-order valence-electron chi connectivity index (χ3n) is 4.10. The minimum absolute atomic E-state index is 0.390. The molecule has 3 rings (SSSR count). The van der Waals surface area contributed by atoms with Crippen LogP contribution in [0.3, 0.4) is 0 Å². The lowest BCUT2D eigenvalue weighted by Gasteiger charge is -2.27. The SMILES string of the molecule is CN(Cc1cccc(-c2ncn[nH]2)c1)CC1CCCCO1.O=C(O)C(F)(F)F. The standard InChI is InChI=1S/C16H22N4O.C2HF3O2/c1-20(11-15-7-2-3-8-21-15)10-13-5-4-6-14(9-13)16-17-12-18-19-16;3-2(4,5)1(6)7/h4-6,9,12,15H,2-3,7-8,10-11H2,1H3,(H,17,18,19);(H,6,7). The fourth-order valence-electron chi connectivity index (χ4n) is 2.84. The van der Waals surface area contributed by atoms with E-state index in [-0.39, 0.29) is 0 Å². The molecule has 0 radical (unpaired) electrons. The normalized spacial score (nSPS) is 17.1. The van der Waals surface area contributed by atoms with Crippen LogP contribution in [0.25, 0.3) is 11.4 Å². The molecular formula is C18H23F3N4O3. The predicted octanol–water partition coefficient (Wildman–Crippen LogP) is 3.11. The highest BCUT2D eigenvalue weighted by Crippen LogP contribution is 2.18. The van der Waals surface area contributed by atoms with Crippen molar-refractivity contribution in [2.75, 3.05) is 20.2 Å². The first-order chi connectivity index (χ1) is 13.3. The van der Waals surface area contributed by atoms with Crippen molar-refractivity contribution >= 4 is 5.97 Å². The Labute approximate surface area is 160 Å². The second-order valence-corrected chi connectivity index (χ2v) is 6.52. The van der Waals surface area contributed by atoms with Crippen LogP contribution in [0.2, 0.25) is 0 Å². The number of nitrogens with zero attached hydrogens (tertiary/aromatic N) is 3. The molecular weight excluding hydrogens is 377 g/mol. The Balaban J connectivity index is 0.000000345. The number of aromatic amines is 1. The molecule has 28 heavy (non-hydrogen) atoms. The van der Waals surface area contributed by atoms with E-state index in [0.29, 0.717) is 6.10 Å². The van der Waals surface area contributed by atoms with Gasteiger partial charge in [0.05, 0.1) is 6.10 Å². The summed E-state index contributed by atoms with van der Waals surface area (Å²) in [7, 11) is 2.15. The minimum atomic E-state index is -5.08. The number of hydrogen-bond acceptors (Lipinski definition) is 5. The molecule has 1 fully saturated rings. The van der Waals surface area contributed by atoms with Crippen LogP contribution < -0.4 is 0 Å². The Hall–Kier alpha value is -2.46. The van der Waals surface area contributed by atoms with E-state index in [4.69, 9.17) is 14.6 Å². The molecule has 10 heteroatoms. The monoisotopic (exact) mass is 400 g/mol. The van der Waals surface area contributed by atoms with Crippen molar-refractivity contribution in [3.05, 3.63) is 36.2 Å². The molecule has 0 bridgehead atoms. The van der Waals surface area contributed by atoms with Gasteiger partial charge in [-0.05, 0) is 37.9 Å². The molecule has 7 nitrogen and oxygen atoms in total. The number of rotatable bonds is 5. The van der Waals surface area contributed by atoms with E-state index < -0.39 is 12.1 Å². The second kappa shape index (κ2) is 10.2. The first-order valence-corrected chi connectivity index (χ1v) is 8.80. The van der Waals surface area contributed by atoms with Crippen molar-refractivity contribution in [1.82, 2.24) is 20.1 Å². The number of aliphatic carboxylic acids is 1. The Kier molecular flexibility index (Phi) is 7.94. The number of halogens is 3. The summed E-state index contributed by atoms with van der Waals surface area (Å²) in [5.74, 6) is -1.94. The zero-order valence-corrected chi connectivity index (χ0v) is 15.4. The lowest BCUT2D eigenvalue weighted by atomic mass is 10.1. The van der Waals surface area contributed by atoms with Crippen LogP contribution in [-0.4, -0.2) is 63.6 Å². The van der Waals surface area contributed by atoms with Crippen molar-refractivity contribution < 1.29 is 27.8 Å². The fourth-order valence-corrected chi connectivity index (χ4v) is 2.84. The van der Waals surface area contributed by atoms with Crippen LogP contribution in [0.4, 0.5) is 13.2 Å². The molecule has 154 valence electrons. The molecule has 2 heterocycles. The van der Waals surface area contributed by atoms with Gasteiger partial charge in [0, 0.05) is 25.3 Å². The quantitative estimate of drug-likeness (QED) is 0.802. The maximum atomic E-state index is 10.6. The first kappa shape index (κ1) is 21.8. The van der Waals surface area contributed by atoms with Crippen LogP contribution >= 0.6 is 0 Å². The van der Waals surface area contributed by atoms with Crippen molar-refractivity contribution in [2.24, 2.45) is 0 Å². The lowest BCUT2D eigenvalue weighted by molar-refractivity contribution is -0.192. The van der Waals surface area contributed by atoms with Gasteiger partial charge in [-0.15, -0.1) is 0 Å². The highest BCUT2D eigenvalue weighted by Gasteiger charge is 2.38. The van der Waals surface area contributed by atoms with Crippen molar-refractivity contribution in [2.45, 2.75) is 38.1 Å². The molecule has 1 saturated heterocycles. The summed E-state index contributed by atoms with van der Waals surface area (Å²) in [4.78, 5) is 15.4. The Bertz CT molecular complexity index is 732. The number of benzene rings is 1. The second-order valence-electron chi connectivity index (χ2n) is 6.52. The number of ether oxygens (including phenoxy) is 1. The van der Waals surface area contributed by atoms with E-state index in [1.807, 2.05) is 6.07 Å². The molecule has 2 N–H and O–H groups in total. The first-order valence-electron chi connectivity index (χ1n) is 8.80. The largest absolute Gasteiger partial charge is 0.490 e. The molecule has 0 saturated carbocycles. The number of H-pyrrole nitrogens is 1. The molecule has 1 aliphatic rings. The lowest BCUT2D eigenvalue weighted by Crippen LogP contribution is -2.33. The Morgan fingerprint density at radius 3 is 2.71 bits per heavy atom. The number of carboxylic acids is 1. The number of carboxylic acid groups (broad SMARTS) is 1. The van der Waals surface area contributed by atoms with Crippen molar-refractivity contribution in [1.29, 1.82) is 0 Å². The van der Waals surface area contributed by atoms with Crippen LogP contribution in [-0.2, 0) is 16.1 Å². The van der Waals surface area contributed by atoms with Gasteiger partial charge in [0.2, 0.25) is 0 Å². The van der Waals surface area contributed by atoms with Gasteiger partial charge >= 0.3 is 12.1 Å². The summed E-state index contributed by atoms with van der Waals surface area (Å²) < 4.78 is 37.5. The summed E-state index contributed by atoms with van der Waals surface area (Å²) in [5.41, 5.74) is 2.36. The molecule has 2 aromatic rings. The average molecular weight is 400 g/mol. The van der Waals surface area contributed by atoms with Crippen LogP contribution in [0, 0.1) is 0 Å². The van der Waals surface area contributed by atoms with E-state index in [1.54, 1.807) is 0 Å². The van der Waals surface area contributed by atoms with Gasteiger partial charge in [-0.1, -0.05) is 18.2 Å². The summed E-state index contributed by atoms with van der Waals surface area (Å²) in [6, 6.07) is 8.43. The molecule has 0 aliphatic carbocycles. The van der Waals surface area contributed by atoms with Gasteiger partial charge in [0.25, 0.3) is 0 Å². The molecule has 1 aromatic carbocycles. The molecule has 1 atom stereocenters. The highest BCUT2D eigenvalue weighted by molar-refractivity contribution is 5.73. The number of aromatic nitrogens is 3. The maximum absolute atomic E-state index is 10.6. The Morgan fingerprint density at radius 1 is 1.39 bits per heavy atom. The van der Waals surface area contributed by atoms with Gasteiger partial charge in [0.1, 0.15) is 6.33 Å². The van der Waals surface area contributed by atoms with Gasteiger partial charge in [-0.3, -0.25) is 10.00 Å². The summed E-state index contributed by atoms with van der Waals surface area (Å²) in [6.07, 6.45) is 0.525. The topological polar surface area (TPSA) is 91.3 Å². The molecule has 1 unspecified atom stereocenters. The zero-order chi connectivity index (χ0) is 20.6. The van der Waals surface area contributed by atoms with E-state index in [1.165, 1.54) is 31.2 Å². The smallest absolute Gasteiger partial charge is 0.475 e. The summed E-state index contributed by atoms with van der Waals surface area (Å²) in [6.45, 7) is 2.83. The number of hydrogen-bond donors (Lipinski definition) is 2. The molecule has 1 aliphatic heterocycles. The summed E-state index contributed by atoms with van der Waals surface area (Å²) in [5, 5.41) is 13.9. The van der Waals surface area contributed by atoms with Gasteiger partial charge in [-0.2, -0.15) is 18.3 Å². The number of nitrogens with one attached hydrogen (secondary N) is 1. The van der Waals surface area contributed by atoms with Crippen LogP contribution in [0.15, 0.2) is 30.6 Å². The molecule has 1 aromatic heterocycles. The average Bonchev–Trinajstić information content (AvgIpc) is 3.17. The van der Waals surface area contributed by atoms with Gasteiger partial charge < -0.3 is 9.84 Å². The third kappa shape index (κ3) is 7.28.